The molecular formula is C18H22N2O3S2. The van der Waals surface area contributed by atoms with E-state index in [0.717, 1.165) is 22.5 Å². The fourth-order valence-corrected chi connectivity index (χ4v) is 5.15. The summed E-state index contributed by atoms with van der Waals surface area (Å²) in [6.07, 6.45) is 0.786. The predicted octanol–water partition coefficient (Wildman–Crippen LogP) is 3.79. The highest BCUT2D eigenvalue weighted by Crippen LogP contribution is 2.34. The number of thiophene rings is 1. The third-order valence-corrected chi connectivity index (χ3v) is 6.97. The number of benzene rings is 1. The number of nitrogens with zero attached hydrogens (tertiary/aromatic N) is 1. The van der Waals surface area contributed by atoms with Gasteiger partial charge in [0, 0.05) is 22.5 Å². The van der Waals surface area contributed by atoms with Gasteiger partial charge >= 0.3 is 0 Å². The molecule has 134 valence electrons. The van der Waals surface area contributed by atoms with E-state index in [1.54, 1.807) is 29.2 Å². The zero-order valence-electron chi connectivity index (χ0n) is 14.8. The number of fused-ring (bicyclic) bond motifs is 1. The predicted molar refractivity (Wildman–Crippen MR) is 102 cm³/mol. The summed E-state index contributed by atoms with van der Waals surface area (Å²) in [6.45, 7) is 8.16. The molecule has 3 rings (SSSR count). The molecule has 0 aliphatic carbocycles. The van der Waals surface area contributed by atoms with Gasteiger partial charge in [-0.3, -0.25) is 9.52 Å². The maximum absolute atomic E-state index is 12.6. The summed E-state index contributed by atoms with van der Waals surface area (Å²) in [6, 6.07) is 8.78. The second kappa shape index (κ2) is 6.14. The lowest BCUT2D eigenvalue weighted by Crippen LogP contribution is -2.38. The van der Waals surface area contributed by atoms with Crippen molar-refractivity contribution in [2.75, 3.05) is 16.2 Å². The second-order valence-corrected chi connectivity index (χ2v) is 10.5. The van der Waals surface area contributed by atoms with Gasteiger partial charge in [0.25, 0.3) is 10.0 Å². The number of amides is 1. The average Bonchev–Trinajstić information content (AvgIpc) is 3.11. The van der Waals surface area contributed by atoms with Crippen LogP contribution in [0.2, 0.25) is 0 Å². The lowest BCUT2D eigenvalue weighted by atomic mass is 9.94. The minimum absolute atomic E-state index is 0.0418. The Balaban J connectivity index is 1.90. The maximum atomic E-state index is 12.6. The summed E-state index contributed by atoms with van der Waals surface area (Å²) < 4.78 is 27.9. The van der Waals surface area contributed by atoms with Crippen molar-refractivity contribution in [2.45, 2.75) is 38.3 Å². The van der Waals surface area contributed by atoms with Crippen molar-refractivity contribution in [3.05, 3.63) is 40.8 Å². The minimum Gasteiger partial charge on any atom is -0.311 e. The molecule has 25 heavy (non-hydrogen) atoms. The molecule has 2 heterocycles. The number of rotatable bonds is 3. The average molecular weight is 379 g/mol. The van der Waals surface area contributed by atoms with E-state index in [-0.39, 0.29) is 10.1 Å². The van der Waals surface area contributed by atoms with Gasteiger partial charge in [-0.2, -0.15) is 0 Å². The molecule has 1 aliphatic heterocycles. The van der Waals surface area contributed by atoms with Crippen molar-refractivity contribution >= 4 is 38.6 Å². The monoisotopic (exact) mass is 378 g/mol. The molecule has 7 heteroatoms. The number of carbonyl (C=O) groups excluding carboxylic acids is 1. The molecule has 0 bridgehead atoms. The molecule has 1 aromatic heterocycles. The summed E-state index contributed by atoms with van der Waals surface area (Å²) in [7, 11) is -3.61. The van der Waals surface area contributed by atoms with Gasteiger partial charge in [-0.15, -0.1) is 11.3 Å². The number of carbonyl (C=O) groups is 1. The molecule has 1 aromatic carbocycles. The number of sulfonamides is 1. The van der Waals surface area contributed by atoms with E-state index in [1.165, 1.54) is 11.3 Å². The minimum atomic E-state index is -3.61. The molecule has 1 N–H and O–H groups in total. The van der Waals surface area contributed by atoms with Crippen molar-refractivity contribution in [1.29, 1.82) is 0 Å². The second-order valence-electron chi connectivity index (χ2n) is 7.27. The van der Waals surface area contributed by atoms with Crippen LogP contribution in [-0.2, 0) is 21.2 Å². The van der Waals surface area contributed by atoms with E-state index in [0.29, 0.717) is 12.2 Å². The third kappa shape index (κ3) is 3.57. The Morgan fingerprint density at radius 1 is 1.20 bits per heavy atom. The largest absolute Gasteiger partial charge is 0.311 e. The summed E-state index contributed by atoms with van der Waals surface area (Å²) in [5, 5.41) is 0. The van der Waals surface area contributed by atoms with Crippen LogP contribution < -0.4 is 9.62 Å². The zero-order valence-corrected chi connectivity index (χ0v) is 16.4. The molecule has 5 nitrogen and oxygen atoms in total. The van der Waals surface area contributed by atoms with Gasteiger partial charge in [-0.25, -0.2) is 8.42 Å². The van der Waals surface area contributed by atoms with E-state index in [2.05, 4.69) is 4.72 Å². The van der Waals surface area contributed by atoms with E-state index in [9.17, 15) is 13.2 Å². The molecule has 1 aliphatic rings. The smallest absolute Gasteiger partial charge is 0.271 e. The lowest BCUT2D eigenvalue weighted by Gasteiger charge is -2.26. The molecular weight excluding hydrogens is 356 g/mol. The SMILES string of the molecule is Cc1ccc(S(=O)(=O)Nc2ccc3c(c2)N(C(=O)C(C)(C)C)CC3)s1. The first-order valence-corrected chi connectivity index (χ1v) is 10.4. The zero-order chi connectivity index (χ0) is 18.4. The lowest BCUT2D eigenvalue weighted by molar-refractivity contribution is -0.125. The van der Waals surface area contributed by atoms with Crippen LogP contribution in [0.3, 0.4) is 0 Å². The van der Waals surface area contributed by atoms with E-state index >= 15 is 0 Å². The summed E-state index contributed by atoms with van der Waals surface area (Å²) in [5.74, 6) is 0.0418. The van der Waals surface area contributed by atoms with Crippen LogP contribution in [0.25, 0.3) is 0 Å². The summed E-state index contributed by atoms with van der Waals surface area (Å²) in [5.41, 5.74) is 1.85. The molecule has 0 radical (unpaired) electrons. The Morgan fingerprint density at radius 2 is 1.92 bits per heavy atom. The Bertz CT molecular complexity index is 924. The van der Waals surface area contributed by atoms with Gasteiger partial charge < -0.3 is 4.90 Å². The Labute approximate surface area is 152 Å². The molecule has 0 saturated heterocycles. The van der Waals surface area contributed by atoms with Gasteiger partial charge in [-0.05, 0) is 43.2 Å². The van der Waals surface area contributed by atoms with Crippen LogP contribution >= 0.6 is 11.3 Å². The maximum Gasteiger partial charge on any atom is 0.271 e. The van der Waals surface area contributed by atoms with Gasteiger partial charge in [0.15, 0.2) is 0 Å². The molecule has 0 spiro atoms. The molecule has 2 aromatic rings. The highest BCUT2D eigenvalue weighted by atomic mass is 32.2. The first kappa shape index (κ1) is 17.9. The highest BCUT2D eigenvalue weighted by molar-refractivity contribution is 7.94. The molecule has 0 unspecified atom stereocenters. The normalized spacial score (nSPS) is 14.5. The number of anilines is 2. The molecule has 1 amide bonds. The fourth-order valence-electron chi connectivity index (χ4n) is 2.82. The van der Waals surface area contributed by atoms with Crippen molar-refractivity contribution in [3.8, 4) is 0 Å². The van der Waals surface area contributed by atoms with Crippen molar-refractivity contribution in [1.82, 2.24) is 0 Å². The van der Waals surface area contributed by atoms with Gasteiger partial charge in [0.1, 0.15) is 4.21 Å². The molecule has 0 saturated carbocycles. The number of nitrogens with one attached hydrogen (secondary N) is 1. The van der Waals surface area contributed by atoms with Crippen LogP contribution in [0.5, 0.6) is 0 Å². The van der Waals surface area contributed by atoms with Crippen LogP contribution in [0.4, 0.5) is 11.4 Å². The van der Waals surface area contributed by atoms with Crippen molar-refractivity contribution in [3.63, 3.8) is 0 Å². The Kier molecular flexibility index (Phi) is 4.41. The standard InChI is InChI=1S/C18H22N2O3S2/c1-12-5-8-16(24-12)25(22,23)19-14-7-6-13-9-10-20(15(13)11-14)17(21)18(2,3)4/h5-8,11,19H,9-10H2,1-4H3. The van der Waals surface area contributed by atoms with Crippen LogP contribution in [0.15, 0.2) is 34.5 Å². The van der Waals surface area contributed by atoms with Crippen LogP contribution in [0.1, 0.15) is 31.2 Å². The van der Waals surface area contributed by atoms with Gasteiger partial charge in [-0.1, -0.05) is 26.8 Å². The Hall–Kier alpha value is -1.86. The van der Waals surface area contributed by atoms with Gasteiger partial charge in [0.05, 0.1) is 5.69 Å². The first-order chi connectivity index (χ1) is 11.6. The third-order valence-electron chi connectivity index (χ3n) is 4.10. The Morgan fingerprint density at radius 3 is 2.52 bits per heavy atom. The van der Waals surface area contributed by atoms with Crippen molar-refractivity contribution < 1.29 is 13.2 Å². The van der Waals surface area contributed by atoms with E-state index < -0.39 is 15.4 Å². The number of aryl methyl sites for hydroxylation is 1. The summed E-state index contributed by atoms with van der Waals surface area (Å²) >= 11 is 1.23. The van der Waals surface area contributed by atoms with E-state index in [4.69, 9.17) is 0 Å². The first-order valence-electron chi connectivity index (χ1n) is 8.12. The van der Waals surface area contributed by atoms with E-state index in [1.807, 2.05) is 33.8 Å². The number of hydrogen-bond donors (Lipinski definition) is 1. The molecule has 0 fully saturated rings. The van der Waals surface area contributed by atoms with Crippen molar-refractivity contribution in [2.24, 2.45) is 5.41 Å². The molecule has 0 atom stereocenters. The quantitative estimate of drug-likeness (QED) is 0.883. The summed E-state index contributed by atoms with van der Waals surface area (Å²) in [4.78, 5) is 15.3. The number of hydrogen-bond acceptors (Lipinski definition) is 4. The highest BCUT2D eigenvalue weighted by Gasteiger charge is 2.32. The van der Waals surface area contributed by atoms with Crippen LogP contribution in [-0.4, -0.2) is 20.9 Å². The fraction of sp³-hybridized carbons (Fsp3) is 0.389. The topological polar surface area (TPSA) is 66.5 Å². The van der Waals surface area contributed by atoms with Gasteiger partial charge in [0.2, 0.25) is 5.91 Å². The van der Waals surface area contributed by atoms with Crippen LogP contribution in [0, 0.1) is 12.3 Å².